The molecule has 0 aromatic carbocycles. The van der Waals surface area contributed by atoms with Gasteiger partial charge in [-0.15, -0.1) is 0 Å². The molecule has 0 saturated carbocycles. The summed E-state index contributed by atoms with van der Waals surface area (Å²) in [6, 6.07) is 0. The Bertz CT molecular complexity index is 182. The first kappa shape index (κ1) is 12.7. The standard InChI is InChI=1S/C12H24N2O/c1-3-5-6-7-13-10-12-11-14(4-2)8-9-15-12/h3,5,12-13H,4,6-11H2,1-2H3/b5-3+. The molecule has 1 N–H and O–H groups in total. The lowest BCUT2D eigenvalue weighted by atomic mass is 10.2. The molecular formula is C12H24N2O. The van der Waals surface area contributed by atoms with Gasteiger partial charge in [-0.2, -0.15) is 0 Å². The maximum Gasteiger partial charge on any atom is 0.0826 e. The third kappa shape index (κ3) is 5.30. The minimum atomic E-state index is 0.379. The lowest BCUT2D eigenvalue weighted by Crippen LogP contribution is -2.46. The van der Waals surface area contributed by atoms with E-state index in [-0.39, 0.29) is 0 Å². The Kier molecular flexibility index (Phi) is 6.64. The van der Waals surface area contributed by atoms with Crippen LogP contribution in [0.1, 0.15) is 20.3 Å². The Labute approximate surface area is 93.5 Å². The van der Waals surface area contributed by atoms with Crippen molar-refractivity contribution in [2.24, 2.45) is 0 Å². The van der Waals surface area contributed by atoms with Crippen LogP contribution in [0, 0.1) is 0 Å². The van der Waals surface area contributed by atoms with E-state index in [1.165, 1.54) is 0 Å². The Morgan fingerprint density at radius 2 is 2.40 bits per heavy atom. The Morgan fingerprint density at radius 3 is 3.13 bits per heavy atom. The summed E-state index contributed by atoms with van der Waals surface area (Å²) in [5, 5.41) is 3.43. The van der Waals surface area contributed by atoms with Crippen LogP contribution < -0.4 is 5.32 Å². The number of ether oxygens (including phenoxy) is 1. The summed E-state index contributed by atoms with van der Waals surface area (Å²) in [7, 11) is 0. The van der Waals surface area contributed by atoms with Gasteiger partial charge in [-0.05, 0) is 26.4 Å². The molecule has 0 amide bonds. The first-order valence-electron chi connectivity index (χ1n) is 6.02. The summed E-state index contributed by atoms with van der Waals surface area (Å²) < 4.78 is 5.69. The molecule has 1 fully saturated rings. The number of morpholine rings is 1. The number of hydrogen-bond acceptors (Lipinski definition) is 3. The highest BCUT2D eigenvalue weighted by Crippen LogP contribution is 2.03. The highest BCUT2D eigenvalue weighted by Gasteiger charge is 2.18. The SMILES string of the molecule is C/C=C/CCNCC1CN(CC)CCO1. The molecule has 1 saturated heterocycles. The van der Waals surface area contributed by atoms with Crippen molar-refractivity contribution in [1.29, 1.82) is 0 Å². The van der Waals surface area contributed by atoms with Crippen LogP contribution in [0.25, 0.3) is 0 Å². The van der Waals surface area contributed by atoms with Crippen LogP contribution in [0.3, 0.4) is 0 Å². The van der Waals surface area contributed by atoms with Crippen molar-refractivity contribution in [3.05, 3.63) is 12.2 Å². The summed E-state index contributed by atoms with van der Waals surface area (Å²) in [5.41, 5.74) is 0. The number of hydrogen-bond donors (Lipinski definition) is 1. The molecule has 0 aliphatic carbocycles. The zero-order valence-electron chi connectivity index (χ0n) is 10.0. The van der Waals surface area contributed by atoms with Gasteiger partial charge in [0.25, 0.3) is 0 Å². The van der Waals surface area contributed by atoms with E-state index in [9.17, 15) is 0 Å². The largest absolute Gasteiger partial charge is 0.374 e. The molecule has 15 heavy (non-hydrogen) atoms. The molecule has 3 heteroatoms. The predicted molar refractivity (Wildman–Crippen MR) is 64.2 cm³/mol. The average Bonchev–Trinajstić information content (AvgIpc) is 2.29. The highest BCUT2D eigenvalue weighted by atomic mass is 16.5. The molecule has 1 rings (SSSR count). The molecule has 1 aliphatic rings. The average molecular weight is 212 g/mol. The van der Waals surface area contributed by atoms with Gasteiger partial charge in [0.1, 0.15) is 0 Å². The van der Waals surface area contributed by atoms with E-state index in [1.807, 2.05) is 0 Å². The van der Waals surface area contributed by atoms with Crippen LogP contribution in [0.5, 0.6) is 0 Å². The second-order valence-electron chi connectivity index (χ2n) is 3.95. The molecule has 0 aromatic heterocycles. The van der Waals surface area contributed by atoms with Crippen LogP contribution in [-0.4, -0.2) is 50.3 Å². The Balaban J connectivity index is 2.05. The summed E-state index contributed by atoms with van der Waals surface area (Å²) >= 11 is 0. The van der Waals surface area contributed by atoms with Crippen molar-refractivity contribution in [3.63, 3.8) is 0 Å². The molecule has 3 nitrogen and oxygen atoms in total. The molecule has 0 spiro atoms. The van der Waals surface area contributed by atoms with Gasteiger partial charge in [-0.3, -0.25) is 4.90 Å². The summed E-state index contributed by atoms with van der Waals surface area (Å²) in [4.78, 5) is 2.45. The maximum atomic E-state index is 5.69. The van der Waals surface area contributed by atoms with E-state index < -0.39 is 0 Å². The Hall–Kier alpha value is -0.380. The lowest BCUT2D eigenvalue weighted by molar-refractivity contribution is -0.0251. The molecular weight excluding hydrogens is 188 g/mol. The summed E-state index contributed by atoms with van der Waals surface area (Å²) in [5.74, 6) is 0. The fourth-order valence-corrected chi connectivity index (χ4v) is 1.81. The molecule has 1 atom stereocenters. The number of rotatable bonds is 6. The second kappa shape index (κ2) is 7.85. The first-order chi connectivity index (χ1) is 7.36. The third-order valence-corrected chi connectivity index (χ3v) is 2.77. The molecule has 0 bridgehead atoms. The van der Waals surface area contributed by atoms with Crippen molar-refractivity contribution < 1.29 is 4.74 Å². The van der Waals surface area contributed by atoms with Gasteiger partial charge >= 0.3 is 0 Å². The van der Waals surface area contributed by atoms with Crippen LogP contribution in [0.2, 0.25) is 0 Å². The highest BCUT2D eigenvalue weighted by molar-refractivity contribution is 4.78. The monoisotopic (exact) mass is 212 g/mol. The second-order valence-corrected chi connectivity index (χ2v) is 3.95. The van der Waals surface area contributed by atoms with Crippen LogP contribution in [0.15, 0.2) is 12.2 Å². The van der Waals surface area contributed by atoms with E-state index in [0.717, 1.165) is 45.8 Å². The quantitative estimate of drug-likeness (QED) is 0.530. The van der Waals surface area contributed by atoms with Gasteiger partial charge in [0.2, 0.25) is 0 Å². The minimum Gasteiger partial charge on any atom is -0.374 e. The van der Waals surface area contributed by atoms with Gasteiger partial charge in [-0.25, -0.2) is 0 Å². The lowest BCUT2D eigenvalue weighted by Gasteiger charge is -2.32. The zero-order chi connectivity index (χ0) is 10.9. The van der Waals surface area contributed by atoms with Gasteiger partial charge in [0, 0.05) is 19.6 Å². The zero-order valence-corrected chi connectivity index (χ0v) is 10.0. The van der Waals surface area contributed by atoms with Crippen molar-refractivity contribution in [2.75, 3.05) is 39.3 Å². The number of nitrogens with zero attached hydrogens (tertiary/aromatic N) is 1. The van der Waals surface area contributed by atoms with E-state index in [4.69, 9.17) is 4.74 Å². The van der Waals surface area contributed by atoms with E-state index in [1.54, 1.807) is 0 Å². The maximum absolute atomic E-state index is 5.69. The van der Waals surface area contributed by atoms with Crippen molar-refractivity contribution in [1.82, 2.24) is 10.2 Å². The topological polar surface area (TPSA) is 24.5 Å². The van der Waals surface area contributed by atoms with E-state index in [0.29, 0.717) is 6.10 Å². The molecule has 1 aliphatic heterocycles. The fourth-order valence-electron chi connectivity index (χ4n) is 1.81. The molecule has 1 heterocycles. The Morgan fingerprint density at radius 1 is 1.53 bits per heavy atom. The van der Waals surface area contributed by atoms with Crippen LogP contribution >= 0.6 is 0 Å². The number of nitrogens with one attached hydrogen (secondary N) is 1. The fraction of sp³-hybridized carbons (Fsp3) is 0.833. The molecule has 0 radical (unpaired) electrons. The summed E-state index contributed by atoms with van der Waals surface area (Å²) in [6.07, 6.45) is 5.77. The first-order valence-corrected chi connectivity index (χ1v) is 6.02. The van der Waals surface area contributed by atoms with Crippen molar-refractivity contribution in [2.45, 2.75) is 26.4 Å². The van der Waals surface area contributed by atoms with Crippen molar-refractivity contribution in [3.8, 4) is 0 Å². The predicted octanol–water partition coefficient (Wildman–Crippen LogP) is 1.26. The van der Waals surface area contributed by atoms with Crippen LogP contribution in [-0.2, 0) is 4.74 Å². The van der Waals surface area contributed by atoms with Gasteiger partial charge in [-0.1, -0.05) is 19.1 Å². The third-order valence-electron chi connectivity index (χ3n) is 2.77. The smallest absolute Gasteiger partial charge is 0.0826 e. The van der Waals surface area contributed by atoms with Gasteiger partial charge < -0.3 is 10.1 Å². The summed E-state index contributed by atoms with van der Waals surface area (Å²) in [6.45, 7) is 10.5. The van der Waals surface area contributed by atoms with Crippen molar-refractivity contribution >= 4 is 0 Å². The van der Waals surface area contributed by atoms with Gasteiger partial charge in [0.15, 0.2) is 0 Å². The molecule has 0 aromatic rings. The normalized spacial score (nSPS) is 23.7. The molecule has 88 valence electrons. The van der Waals surface area contributed by atoms with E-state index in [2.05, 4.69) is 36.2 Å². The minimum absolute atomic E-state index is 0.379. The van der Waals surface area contributed by atoms with Crippen LogP contribution in [0.4, 0.5) is 0 Å². The van der Waals surface area contributed by atoms with E-state index >= 15 is 0 Å². The molecule has 1 unspecified atom stereocenters. The van der Waals surface area contributed by atoms with Gasteiger partial charge in [0.05, 0.1) is 12.7 Å². The number of allylic oxidation sites excluding steroid dienone is 1. The number of likely N-dealkylation sites (N-methyl/N-ethyl adjacent to an activating group) is 1.